The molecule has 2 N–H and O–H groups in total. The molecule has 0 amide bonds. The number of nitrogens with zero attached hydrogens (tertiary/aromatic N) is 1. The van der Waals surface area contributed by atoms with E-state index in [1.54, 1.807) is 11.3 Å². The van der Waals surface area contributed by atoms with Gasteiger partial charge in [0, 0.05) is 46.3 Å². The second-order valence-electron chi connectivity index (χ2n) is 15.3. The van der Waals surface area contributed by atoms with Gasteiger partial charge in [-0.05, 0) is 98.8 Å². The third-order valence-electron chi connectivity index (χ3n) is 13.6. The number of Topliss-reactive ketones (excluding diaryl/α,β-unsaturated/α-hetero) is 1. The van der Waals surface area contributed by atoms with Gasteiger partial charge in [-0.25, -0.2) is 0 Å². The summed E-state index contributed by atoms with van der Waals surface area (Å²) in [6.07, 6.45) is 14.2. The molecule has 1 aromatic carbocycles. The predicted molar refractivity (Wildman–Crippen MR) is 167 cm³/mol. The minimum atomic E-state index is -0.791. The molecular formula is C37H45NO3S. The Morgan fingerprint density at radius 3 is 2.50 bits per heavy atom. The topological polar surface area (TPSA) is 60.8 Å². The number of rotatable bonds is 4. The van der Waals surface area contributed by atoms with Crippen LogP contribution in [0.15, 0.2) is 60.2 Å². The summed E-state index contributed by atoms with van der Waals surface area (Å²) in [7, 11) is 0. The van der Waals surface area contributed by atoms with Crippen molar-refractivity contribution in [3.8, 4) is 0 Å². The number of thiophene rings is 1. The Labute approximate surface area is 254 Å². The van der Waals surface area contributed by atoms with Crippen LogP contribution in [0.1, 0.15) is 84.5 Å². The van der Waals surface area contributed by atoms with Crippen LogP contribution in [-0.2, 0) is 13.0 Å². The second kappa shape index (κ2) is 9.00. The molecule has 2 bridgehead atoms. The standard InChI is InChI=1S/C37H45NO3S/c1-24-8-9-29(42-24)32(40)28-21-35-17-18-37(28)30(33(35,2)14-10-27(39)20-35)11-15-34(3)31(37)12-16-36(34,41)23-38-19-13-25-6-4-5-7-26(25)22-38/h4-9,17-18,21,27,30-31,39,41H,10-16,19-20,22-23H2,1-3H3/t27?,30-,31-,33-,34+,35+,36-,37-/m1/s1. The van der Waals surface area contributed by atoms with Gasteiger partial charge in [0.15, 0.2) is 5.78 Å². The highest BCUT2D eigenvalue weighted by molar-refractivity contribution is 7.14. The maximum atomic E-state index is 14.6. The molecule has 3 fully saturated rings. The number of ketones is 1. The SMILES string of the molecule is Cc1ccc(C(=O)C2=C[C@@]34C=C[C@@]25[C@@H]2CC[C@@](O)(CN6CCc7ccccc7C6)[C@@]2(C)CC[C@@H]5[C@@]3(C)CCC(O)C4)s1. The first-order valence-corrected chi connectivity index (χ1v) is 17.1. The van der Waals surface area contributed by atoms with E-state index >= 15 is 0 Å². The lowest BCUT2D eigenvalue weighted by Gasteiger charge is -2.71. The lowest BCUT2D eigenvalue weighted by Crippen LogP contribution is -2.67. The molecule has 5 heteroatoms. The molecular weight excluding hydrogens is 538 g/mol. The normalized spacial score (nSPS) is 43.7. The summed E-state index contributed by atoms with van der Waals surface area (Å²) in [6.45, 7) is 9.48. The molecule has 7 aliphatic rings. The van der Waals surface area contributed by atoms with E-state index in [4.69, 9.17) is 0 Å². The molecule has 2 heterocycles. The summed E-state index contributed by atoms with van der Waals surface area (Å²) in [5.41, 5.74) is 2.08. The Bertz CT molecular complexity index is 1520. The van der Waals surface area contributed by atoms with Gasteiger partial charge in [-0.15, -0.1) is 11.3 Å². The molecule has 2 aromatic rings. The number of carbonyl (C=O) groups excluding carboxylic acids is 1. The van der Waals surface area contributed by atoms with Gasteiger partial charge in [0.1, 0.15) is 0 Å². The van der Waals surface area contributed by atoms with Crippen LogP contribution in [0.3, 0.4) is 0 Å². The Balaban J connectivity index is 1.21. The maximum absolute atomic E-state index is 14.6. The summed E-state index contributed by atoms with van der Waals surface area (Å²) in [5.74, 6) is 0.728. The monoisotopic (exact) mass is 583 g/mol. The molecule has 8 atom stereocenters. The third kappa shape index (κ3) is 3.43. The molecule has 6 aliphatic carbocycles. The Kier molecular flexibility index (Phi) is 5.89. The summed E-state index contributed by atoms with van der Waals surface area (Å²) in [6, 6.07) is 12.8. The molecule has 1 aromatic heterocycles. The predicted octanol–water partition coefficient (Wildman–Crippen LogP) is 6.89. The Hall–Kier alpha value is -2.05. The smallest absolute Gasteiger partial charge is 0.199 e. The van der Waals surface area contributed by atoms with E-state index in [0.717, 1.165) is 73.4 Å². The van der Waals surface area contributed by atoms with Gasteiger partial charge in [-0.3, -0.25) is 9.69 Å². The fraction of sp³-hybridized carbons (Fsp3) is 0.595. The molecule has 4 nitrogen and oxygen atoms in total. The zero-order chi connectivity index (χ0) is 29.1. The number of fused-ring (bicyclic) bond motifs is 2. The summed E-state index contributed by atoms with van der Waals surface area (Å²) >= 11 is 1.60. The van der Waals surface area contributed by atoms with Crippen LogP contribution in [0.25, 0.3) is 0 Å². The molecule has 0 radical (unpaired) electrons. The number of aryl methyl sites for hydroxylation is 1. The summed E-state index contributed by atoms with van der Waals surface area (Å²) in [5, 5.41) is 23.6. The lowest BCUT2D eigenvalue weighted by atomic mass is 9.32. The highest BCUT2D eigenvalue weighted by atomic mass is 32.1. The van der Waals surface area contributed by atoms with Gasteiger partial charge in [-0.2, -0.15) is 0 Å². The van der Waals surface area contributed by atoms with Gasteiger partial charge in [0.25, 0.3) is 0 Å². The molecule has 0 saturated heterocycles. The van der Waals surface area contributed by atoms with E-state index in [1.807, 2.05) is 6.07 Å². The number of hydrogen-bond donors (Lipinski definition) is 2. The highest BCUT2D eigenvalue weighted by Gasteiger charge is 2.74. The van der Waals surface area contributed by atoms with Crippen molar-refractivity contribution in [2.75, 3.05) is 13.1 Å². The fourth-order valence-corrected chi connectivity index (χ4v) is 12.2. The molecule has 42 heavy (non-hydrogen) atoms. The molecule has 222 valence electrons. The zero-order valence-electron chi connectivity index (χ0n) is 25.4. The van der Waals surface area contributed by atoms with Crippen LogP contribution in [-0.4, -0.2) is 45.7 Å². The van der Waals surface area contributed by atoms with Crippen molar-refractivity contribution in [1.29, 1.82) is 0 Å². The van der Waals surface area contributed by atoms with Crippen molar-refractivity contribution in [1.82, 2.24) is 4.90 Å². The molecule has 1 aliphatic heterocycles. The minimum absolute atomic E-state index is 0.00867. The molecule has 2 spiro atoms. The number of β-amino-alcohol motifs (C(OH)–C–C–N with tert-alkyl or cyclic N) is 1. The molecule has 1 unspecified atom stereocenters. The van der Waals surface area contributed by atoms with Crippen LogP contribution in [0.4, 0.5) is 0 Å². The maximum Gasteiger partial charge on any atom is 0.199 e. The first kappa shape index (κ1) is 27.5. The average molecular weight is 584 g/mol. The van der Waals surface area contributed by atoms with Crippen LogP contribution in [0.2, 0.25) is 0 Å². The number of aliphatic hydroxyl groups excluding tert-OH is 1. The van der Waals surface area contributed by atoms with Crippen LogP contribution in [0.5, 0.6) is 0 Å². The Morgan fingerprint density at radius 1 is 0.976 bits per heavy atom. The third-order valence-corrected chi connectivity index (χ3v) is 14.6. The van der Waals surface area contributed by atoms with E-state index in [0.29, 0.717) is 18.9 Å². The number of hydrogen-bond acceptors (Lipinski definition) is 5. The largest absolute Gasteiger partial charge is 0.393 e. The van der Waals surface area contributed by atoms with Gasteiger partial charge in [0.05, 0.1) is 16.6 Å². The van der Waals surface area contributed by atoms with Crippen LogP contribution < -0.4 is 0 Å². The highest BCUT2D eigenvalue weighted by Crippen LogP contribution is 2.78. The first-order valence-electron chi connectivity index (χ1n) is 16.3. The lowest BCUT2D eigenvalue weighted by molar-refractivity contribution is -0.176. The van der Waals surface area contributed by atoms with Crippen molar-refractivity contribution in [2.45, 2.75) is 90.4 Å². The van der Waals surface area contributed by atoms with Crippen LogP contribution >= 0.6 is 11.3 Å². The Morgan fingerprint density at radius 2 is 1.71 bits per heavy atom. The molecule has 3 saturated carbocycles. The number of carbonyl (C=O) groups is 1. The van der Waals surface area contributed by atoms with Gasteiger partial charge < -0.3 is 10.2 Å². The number of aliphatic hydroxyl groups is 2. The van der Waals surface area contributed by atoms with Gasteiger partial charge >= 0.3 is 0 Å². The summed E-state index contributed by atoms with van der Waals surface area (Å²) in [4.78, 5) is 19.0. The van der Waals surface area contributed by atoms with E-state index in [2.05, 4.69) is 74.2 Å². The van der Waals surface area contributed by atoms with Crippen LogP contribution in [0, 0.1) is 40.4 Å². The fourth-order valence-electron chi connectivity index (χ4n) is 11.3. The minimum Gasteiger partial charge on any atom is -0.393 e. The first-order chi connectivity index (χ1) is 20.0. The summed E-state index contributed by atoms with van der Waals surface area (Å²) < 4.78 is 0. The van der Waals surface area contributed by atoms with E-state index < -0.39 is 5.60 Å². The zero-order valence-corrected chi connectivity index (χ0v) is 26.2. The van der Waals surface area contributed by atoms with E-state index in [-0.39, 0.29) is 39.5 Å². The van der Waals surface area contributed by atoms with Crippen molar-refractivity contribution in [2.24, 2.45) is 33.5 Å². The van der Waals surface area contributed by atoms with Gasteiger partial charge in [0.2, 0.25) is 0 Å². The van der Waals surface area contributed by atoms with E-state index in [1.165, 1.54) is 11.1 Å². The average Bonchev–Trinajstić information content (AvgIpc) is 3.52. The number of benzene rings is 1. The van der Waals surface area contributed by atoms with Crippen molar-refractivity contribution < 1.29 is 15.0 Å². The van der Waals surface area contributed by atoms with Crippen molar-refractivity contribution in [3.05, 3.63) is 81.1 Å². The quantitative estimate of drug-likeness (QED) is 0.304. The van der Waals surface area contributed by atoms with E-state index in [9.17, 15) is 15.0 Å². The second-order valence-corrected chi connectivity index (χ2v) is 16.6. The van der Waals surface area contributed by atoms with Crippen molar-refractivity contribution in [3.63, 3.8) is 0 Å². The number of allylic oxidation sites excluding steroid dienone is 4. The molecule has 9 rings (SSSR count). The van der Waals surface area contributed by atoms with Crippen molar-refractivity contribution >= 4 is 17.1 Å². The van der Waals surface area contributed by atoms with Gasteiger partial charge in [-0.1, -0.05) is 56.3 Å².